The zero-order valence-electron chi connectivity index (χ0n) is 12.8. The van der Waals surface area contributed by atoms with E-state index in [2.05, 4.69) is 37.7 Å². The largest absolute Gasteiger partial charge is 0.314 e. The molecule has 0 saturated carbocycles. The van der Waals surface area contributed by atoms with Crippen LogP contribution >= 0.6 is 11.3 Å². The van der Waals surface area contributed by atoms with Crippen molar-refractivity contribution in [3.8, 4) is 0 Å². The summed E-state index contributed by atoms with van der Waals surface area (Å²) in [5.74, 6) is 0.499. The molecule has 0 fully saturated rings. The Balaban J connectivity index is 2.52. The van der Waals surface area contributed by atoms with Gasteiger partial charge < -0.3 is 5.32 Å². The number of nitrogens with one attached hydrogen (secondary N) is 2. The Morgan fingerprint density at radius 1 is 1.15 bits per heavy atom. The van der Waals surface area contributed by atoms with E-state index in [1.54, 1.807) is 6.07 Å². The molecule has 20 heavy (non-hydrogen) atoms. The van der Waals surface area contributed by atoms with E-state index in [1.807, 2.05) is 6.07 Å². The third kappa shape index (κ3) is 6.35. The van der Waals surface area contributed by atoms with Crippen LogP contribution in [0.2, 0.25) is 0 Å². The van der Waals surface area contributed by atoms with Crippen LogP contribution in [0.15, 0.2) is 16.3 Å². The molecule has 6 heteroatoms. The average molecular weight is 319 g/mol. The summed E-state index contributed by atoms with van der Waals surface area (Å²) in [7, 11) is -3.33. The normalized spacial score (nSPS) is 12.5. The molecule has 1 aromatic heterocycles. The third-order valence-corrected chi connectivity index (χ3v) is 5.94. The molecular formula is C14H26N2O2S2. The Bertz CT molecular complexity index is 493. The summed E-state index contributed by atoms with van der Waals surface area (Å²) < 4.78 is 27.3. The molecule has 2 N–H and O–H groups in total. The van der Waals surface area contributed by atoms with Crippen molar-refractivity contribution < 1.29 is 8.42 Å². The van der Waals surface area contributed by atoms with Crippen molar-refractivity contribution in [2.45, 2.75) is 50.8 Å². The second kappa shape index (κ2) is 8.12. The predicted molar refractivity (Wildman–Crippen MR) is 85.8 cm³/mol. The van der Waals surface area contributed by atoms with Gasteiger partial charge in [-0.2, -0.15) is 0 Å². The minimum atomic E-state index is -3.33. The van der Waals surface area contributed by atoms with Crippen molar-refractivity contribution in [1.29, 1.82) is 0 Å². The first-order valence-electron chi connectivity index (χ1n) is 7.13. The zero-order chi connectivity index (χ0) is 15.2. The van der Waals surface area contributed by atoms with Crippen molar-refractivity contribution in [2.24, 2.45) is 5.92 Å². The van der Waals surface area contributed by atoms with E-state index in [1.165, 1.54) is 11.3 Å². The lowest BCUT2D eigenvalue weighted by Gasteiger charge is -2.07. The molecule has 0 saturated heterocycles. The Morgan fingerprint density at radius 2 is 1.85 bits per heavy atom. The topological polar surface area (TPSA) is 58.2 Å². The molecule has 1 aromatic rings. The highest BCUT2D eigenvalue weighted by Crippen LogP contribution is 2.21. The molecule has 0 aliphatic carbocycles. The highest BCUT2D eigenvalue weighted by atomic mass is 32.2. The monoisotopic (exact) mass is 318 g/mol. The lowest BCUT2D eigenvalue weighted by molar-refractivity contribution is 0.553. The van der Waals surface area contributed by atoms with Crippen molar-refractivity contribution in [1.82, 2.24) is 10.0 Å². The number of thiophene rings is 1. The van der Waals surface area contributed by atoms with Gasteiger partial charge in [-0.1, -0.05) is 27.7 Å². The first kappa shape index (κ1) is 17.6. The first-order chi connectivity index (χ1) is 9.31. The molecule has 0 spiro atoms. The molecule has 0 atom stereocenters. The van der Waals surface area contributed by atoms with Crippen molar-refractivity contribution >= 4 is 21.4 Å². The minimum absolute atomic E-state index is 0.417. The Morgan fingerprint density at radius 3 is 2.45 bits per heavy atom. The van der Waals surface area contributed by atoms with Crippen LogP contribution in [0.4, 0.5) is 0 Å². The maximum absolute atomic E-state index is 12.1. The van der Waals surface area contributed by atoms with E-state index < -0.39 is 10.0 Å². The van der Waals surface area contributed by atoms with Crippen LogP contribution in [0, 0.1) is 5.92 Å². The smallest absolute Gasteiger partial charge is 0.250 e. The molecule has 1 heterocycles. The van der Waals surface area contributed by atoms with Gasteiger partial charge in [0, 0.05) is 24.0 Å². The first-order valence-corrected chi connectivity index (χ1v) is 9.43. The summed E-state index contributed by atoms with van der Waals surface area (Å²) in [4.78, 5) is 1.10. The molecule has 0 amide bonds. The summed E-state index contributed by atoms with van der Waals surface area (Å²) in [5, 5.41) is 3.33. The fourth-order valence-electron chi connectivity index (χ4n) is 1.67. The van der Waals surface area contributed by atoms with Crippen LogP contribution in [-0.4, -0.2) is 27.5 Å². The standard InChI is InChI=1S/C14H26N2O2S2/c1-11(2)7-10-16-20(17,18)14-6-5-13(19-14)8-9-15-12(3)4/h5-6,11-12,15-16H,7-10H2,1-4H3. The molecule has 4 nitrogen and oxygen atoms in total. The number of rotatable bonds is 9. The summed E-state index contributed by atoms with van der Waals surface area (Å²) in [5.41, 5.74) is 0. The number of hydrogen-bond donors (Lipinski definition) is 2. The van der Waals surface area contributed by atoms with Crippen molar-refractivity contribution in [3.63, 3.8) is 0 Å². The number of sulfonamides is 1. The van der Waals surface area contributed by atoms with Gasteiger partial charge in [-0.05, 0) is 30.9 Å². The summed E-state index contributed by atoms with van der Waals surface area (Å²) in [6.45, 7) is 9.74. The molecule has 0 aliphatic heterocycles. The molecule has 0 bridgehead atoms. The SMILES string of the molecule is CC(C)CCNS(=O)(=O)c1ccc(CCNC(C)C)s1. The maximum atomic E-state index is 12.1. The lowest BCUT2D eigenvalue weighted by atomic mass is 10.1. The molecule has 0 aromatic carbocycles. The van der Waals surface area contributed by atoms with Crippen LogP contribution in [-0.2, 0) is 16.4 Å². The van der Waals surface area contributed by atoms with E-state index in [9.17, 15) is 8.42 Å². The molecular weight excluding hydrogens is 292 g/mol. The Hall–Kier alpha value is -0.430. The Labute approximate surface area is 127 Å². The van der Waals surface area contributed by atoms with E-state index in [-0.39, 0.29) is 0 Å². The fourth-order valence-corrected chi connectivity index (χ4v) is 4.12. The highest BCUT2D eigenvalue weighted by Gasteiger charge is 2.16. The van der Waals surface area contributed by atoms with Gasteiger partial charge in [0.2, 0.25) is 10.0 Å². The van der Waals surface area contributed by atoms with E-state index in [4.69, 9.17) is 0 Å². The fraction of sp³-hybridized carbons (Fsp3) is 0.714. The summed E-state index contributed by atoms with van der Waals surface area (Å²) in [6, 6.07) is 4.06. The Kier molecular flexibility index (Phi) is 7.15. The van der Waals surface area contributed by atoms with Gasteiger partial charge in [0.1, 0.15) is 4.21 Å². The van der Waals surface area contributed by atoms with Gasteiger partial charge in [0.05, 0.1) is 0 Å². The van der Waals surface area contributed by atoms with E-state index >= 15 is 0 Å². The maximum Gasteiger partial charge on any atom is 0.250 e. The van der Waals surface area contributed by atoms with Crippen LogP contribution in [0.3, 0.4) is 0 Å². The molecule has 0 aliphatic rings. The predicted octanol–water partition coefficient (Wildman–Crippen LogP) is 2.61. The quantitative estimate of drug-likeness (QED) is 0.736. The summed E-state index contributed by atoms with van der Waals surface area (Å²) in [6.07, 6.45) is 1.72. The van der Waals surface area contributed by atoms with Gasteiger partial charge in [-0.3, -0.25) is 0 Å². The van der Waals surface area contributed by atoms with Gasteiger partial charge in [0.25, 0.3) is 0 Å². The zero-order valence-corrected chi connectivity index (χ0v) is 14.4. The van der Waals surface area contributed by atoms with Gasteiger partial charge in [-0.15, -0.1) is 11.3 Å². The molecule has 0 radical (unpaired) electrons. The lowest BCUT2D eigenvalue weighted by Crippen LogP contribution is -2.25. The van der Waals surface area contributed by atoms with Crippen LogP contribution < -0.4 is 10.0 Å². The van der Waals surface area contributed by atoms with Gasteiger partial charge in [0.15, 0.2) is 0 Å². The molecule has 116 valence electrons. The summed E-state index contributed by atoms with van der Waals surface area (Å²) >= 11 is 1.36. The minimum Gasteiger partial charge on any atom is -0.314 e. The second-order valence-corrected chi connectivity index (χ2v) is 8.82. The van der Waals surface area contributed by atoms with Crippen molar-refractivity contribution in [2.75, 3.05) is 13.1 Å². The highest BCUT2D eigenvalue weighted by molar-refractivity contribution is 7.91. The van der Waals surface area contributed by atoms with E-state index in [0.717, 1.165) is 24.3 Å². The molecule has 1 rings (SSSR count). The van der Waals surface area contributed by atoms with Crippen LogP contribution in [0.5, 0.6) is 0 Å². The van der Waals surface area contributed by atoms with Crippen molar-refractivity contribution in [3.05, 3.63) is 17.0 Å². The molecule has 0 unspecified atom stereocenters. The second-order valence-electron chi connectivity index (χ2n) is 5.66. The van der Waals surface area contributed by atoms with Crippen LogP contribution in [0.1, 0.15) is 39.0 Å². The number of hydrogen-bond acceptors (Lipinski definition) is 4. The van der Waals surface area contributed by atoms with Gasteiger partial charge in [-0.25, -0.2) is 13.1 Å². The third-order valence-electron chi connectivity index (χ3n) is 2.84. The van der Waals surface area contributed by atoms with E-state index in [0.29, 0.717) is 22.7 Å². The average Bonchev–Trinajstić information content (AvgIpc) is 2.77. The van der Waals surface area contributed by atoms with Gasteiger partial charge >= 0.3 is 0 Å². The van der Waals surface area contributed by atoms with Crippen LogP contribution in [0.25, 0.3) is 0 Å².